The highest BCUT2D eigenvalue weighted by atomic mass is 32.2. The van der Waals surface area contributed by atoms with Crippen LogP contribution < -0.4 is 0 Å². The average Bonchev–Trinajstić information content (AvgIpc) is 2.51. The standard InChI is InChI=1S/C17H31F5O3S2/c1-15(26-14-10-12-16(18,19)17(20,21)22)11-8-6-4-3-5-7-9-13-25-27(2,23)24/h15H,3-14H2,1-2H3. The lowest BCUT2D eigenvalue weighted by atomic mass is 10.1. The maximum absolute atomic E-state index is 12.8. The molecule has 0 aromatic carbocycles. The van der Waals surface area contributed by atoms with Crippen molar-refractivity contribution in [3.63, 3.8) is 0 Å². The van der Waals surface area contributed by atoms with E-state index < -0.39 is 28.6 Å². The van der Waals surface area contributed by atoms with Gasteiger partial charge in [-0.25, -0.2) is 0 Å². The minimum atomic E-state index is -5.45. The molecule has 0 aliphatic heterocycles. The molecule has 0 fully saturated rings. The zero-order valence-electron chi connectivity index (χ0n) is 16.0. The van der Waals surface area contributed by atoms with E-state index in [0.29, 0.717) is 12.2 Å². The molecule has 0 heterocycles. The van der Waals surface area contributed by atoms with Crippen molar-refractivity contribution < 1.29 is 34.6 Å². The van der Waals surface area contributed by atoms with Gasteiger partial charge in [-0.15, -0.1) is 0 Å². The molecule has 0 aliphatic carbocycles. The van der Waals surface area contributed by atoms with Crippen molar-refractivity contribution in [3.8, 4) is 0 Å². The molecule has 164 valence electrons. The molecule has 0 bridgehead atoms. The van der Waals surface area contributed by atoms with Crippen molar-refractivity contribution in [1.29, 1.82) is 0 Å². The summed E-state index contributed by atoms with van der Waals surface area (Å²) in [4.78, 5) is 0. The first-order valence-electron chi connectivity index (χ1n) is 9.26. The van der Waals surface area contributed by atoms with Crippen LogP contribution in [0.3, 0.4) is 0 Å². The maximum Gasteiger partial charge on any atom is 0.453 e. The Morgan fingerprint density at radius 2 is 1.41 bits per heavy atom. The second-order valence-electron chi connectivity index (χ2n) is 6.78. The number of rotatable bonds is 16. The number of halogens is 5. The molecule has 27 heavy (non-hydrogen) atoms. The van der Waals surface area contributed by atoms with Gasteiger partial charge in [0, 0.05) is 11.7 Å². The van der Waals surface area contributed by atoms with E-state index in [4.69, 9.17) is 0 Å². The lowest BCUT2D eigenvalue weighted by molar-refractivity contribution is -0.284. The fourth-order valence-corrected chi connectivity index (χ4v) is 3.90. The quantitative estimate of drug-likeness (QED) is 0.163. The van der Waals surface area contributed by atoms with Crippen LogP contribution in [0.5, 0.6) is 0 Å². The number of hydrogen-bond donors (Lipinski definition) is 0. The Balaban J connectivity index is 3.48. The Kier molecular flexibility index (Phi) is 13.1. The van der Waals surface area contributed by atoms with Crippen LogP contribution in [0, 0.1) is 0 Å². The van der Waals surface area contributed by atoms with E-state index in [1.54, 1.807) is 0 Å². The predicted molar refractivity (Wildman–Crippen MR) is 99.9 cm³/mol. The fourth-order valence-electron chi connectivity index (χ4n) is 2.43. The molecule has 0 rings (SSSR count). The van der Waals surface area contributed by atoms with Gasteiger partial charge in [-0.3, -0.25) is 4.18 Å². The molecule has 0 saturated heterocycles. The summed E-state index contributed by atoms with van der Waals surface area (Å²) in [6, 6.07) is 0. The van der Waals surface area contributed by atoms with Gasteiger partial charge in [0.25, 0.3) is 10.1 Å². The summed E-state index contributed by atoms with van der Waals surface area (Å²) in [5.41, 5.74) is 0. The second kappa shape index (κ2) is 13.2. The molecule has 0 spiro atoms. The van der Waals surface area contributed by atoms with Crippen LogP contribution in [-0.2, 0) is 14.3 Å². The Bertz CT molecular complexity index is 481. The van der Waals surface area contributed by atoms with Gasteiger partial charge in [-0.2, -0.15) is 42.1 Å². The minimum Gasteiger partial charge on any atom is -0.270 e. The van der Waals surface area contributed by atoms with Crippen molar-refractivity contribution >= 4 is 21.9 Å². The molecule has 1 unspecified atom stereocenters. The van der Waals surface area contributed by atoms with Gasteiger partial charge in [-0.05, 0) is 25.0 Å². The Morgan fingerprint density at radius 1 is 0.889 bits per heavy atom. The van der Waals surface area contributed by atoms with Gasteiger partial charge >= 0.3 is 12.1 Å². The molecular formula is C17H31F5O3S2. The van der Waals surface area contributed by atoms with Crippen LogP contribution in [0.1, 0.15) is 71.1 Å². The number of unbranched alkanes of at least 4 members (excludes halogenated alkanes) is 6. The first-order chi connectivity index (χ1) is 12.4. The summed E-state index contributed by atoms with van der Waals surface area (Å²) >= 11 is 1.44. The van der Waals surface area contributed by atoms with Crippen LogP contribution in [0.2, 0.25) is 0 Å². The summed E-state index contributed by atoms with van der Waals surface area (Å²) in [5, 5.41) is 0.248. The SMILES string of the molecule is CC(CCCCCCCCCOS(C)(=O)=O)SCCCC(F)(F)C(F)(F)F. The molecule has 0 aromatic heterocycles. The van der Waals surface area contributed by atoms with Crippen LogP contribution in [0.15, 0.2) is 0 Å². The van der Waals surface area contributed by atoms with E-state index >= 15 is 0 Å². The highest BCUT2D eigenvalue weighted by molar-refractivity contribution is 7.99. The van der Waals surface area contributed by atoms with Gasteiger partial charge in [0.15, 0.2) is 0 Å². The van der Waals surface area contributed by atoms with Gasteiger partial charge in [0.05, 0.1) is 12.9 Å². The highest BCUT2D eigenvalue weighted by Crippen LogP contribution is 2.39. The van der Waals surface area contributed by atoms with Crippen molar-refractivity contribution in [1.82, 2.24) is 0 Å². The molecule has 0 saturated carbocycles. The predicted octanol–water partition coefficient (Wildman–Crippen LogP) is 6.18. The Morgan fingerprint density at radius 3 is 1.93 bits per heavy atom. The van der Waals surface area contributed by atoms with E-state index in [-0.39, 0.29) is 18.3 Å². The summed E-state index contributed by atoms with van der Waals surface area (Å²) in [7, 11) is -3.35. The lowest BCUT2D eigenvalue weighted by Gasteiger charge is -2.19. The molecule has 0 aromatic rings. The summed E-state index contributed by atoms with van der Waals surface area (Å²) in [5.74, 6) is -4.28. The zero-order chi connectivity index (χ0) is 21.0. The highest BCUT2D eigenvalue weighted by Gasteiger charge is 2.56. The lowest BCUT2D eigenvalue weighted by Crippen LogP contribution is -2.36. The van der Waals surface area contributed by atoms with Gasteiger partial charge in [0.1, 0.15) is 0 Å². The normalized spacial score (nSPS) is 14.5. The topological polar surface area (TPSA) is 43.4 Å². The number of thioether (sulfide) groups is 1. The van der Waals surface area contributed by atoms with E-state index in [0.717, 1.165) is 51.2 Å². The molecule has 0 amide bonds. The van der Waals surface area contributed by atoms with E-state index in [1.807, 2.05) is 6.92 Å². The third kappa shape index (κ3) is 15.5. The van der Waals surface area contributed by atoms with Crippen LogP contribution in [-0.4, -0.2) is 44.4 Å². The van der Waals surface area contributed by atoms with Crippen molar-refractivity contribution in [2.45, 2.75) is 88.5 Å². The first kappa shape index (κ1) is 26.9. The fraction of sp³-hybridized carbons (Fsp3) is 1.00. The molecule has 0 N–H and O–H groups in total. The summed E-state index contributed by atoms with van der Waals surface area (Å²) in [6.07, 6.45) is 2.05. The first-order valence-corrected chi connectivity index (χ1v) is 12.1. The van der Waals surface area contributed by atoms with E-state index in [2.05, 4.69) is 4.18 Å². The molecule has 0 radical (unpaired) electrons. The maximum atomic E-state index is 12.8. The van der Waals surface area contributed by atoms with Crippen molar-refractivity contribution in [2.24, 2.45) is 0 Å². The molecule has 10 heteroatoms. The molecular weight excluding hydrogens is 411 g/mol. The molecule has 3 nitrogen and oxygen atoms in total. The third-order valence-corrected chi connectivity index (χ3v) is 5.93. The Hall–Kier alpha value is -0.0900. The number of hydrogen-bond acceptors (Lipinski definition) is 4. The minimum absolute atomic E-state index is 0.148. The molecule has 0 aliphatic rings. The molecule has 1 atom stereocenters. The van der Waals surface area contributed by atoms with Gasteiger partial charge < -0.3 is 0 Å². The van der Waals surface area contributed by atoms with Gasteiger partial charge in [0.2, 0.25) is 0 Å². The zero-order valence-corrected chi connectivity index (χ0v) is 17.6. The average molecular weight is 443 g/mol. The van der Waals surface area contributed by atoms with Crippen LogP contribution in [0.4, 0.5) is 22.0 Å². The van der Waals surface area contributed by atoms with E-state index in [1.165, 1.54) is 11.8 Å². The van der Waals surface area contributed by atoms with Gasteiger partial charge in [-0.1, -0.05) is 45.4 Å². The largest absolute Gasteiger partial charge is 0.453 e. The van der Waals surface area contributed by atoms with Crippen molar-refractivity contribution in [3.05, 3.63) is 0 Å². The number of alkyl halides is 5. The summed E-state index contributed by atoms with van der Waals surface area (Å²) < 4.78 is 87.8. The summed E-state index contributed by atoms with van der Waals surface area (Å²) in [6.45, 7) is 2.19. The Labute approximate surface area is 163 Å². The second-order valence-corrected chi connectivity index (χ2v) is 9.97. The smallest absolute Gasteiger partial charge is 0.270 e. The monoisotopic (exact) mass is 442 g/mol. The van der Waals surface area contributed by atoms with Crippen LogP contribution in [0.25, 0.3) is 0 Å². The third-order valence-electron chi connectivity index (χ3n) is 4.00. The van der Waals surface area contributed by atoms with Crippen molar-refractivity contribution in [2.75, 3.05) is 18.6 Å². The van der Waals surface area contributed by atoms with E-state index in [9.17, 15) is 30.4 Å². The van der Waals surface area contributed by atoms with Crippen LogP contribution >= 0.6 is 11.8 Å².